The smallest absolute Gasteiger partial charge is 0.744 e. The van der Waals surface area contributed by atoms with Crippen molar-refractivity contribution in [3.63, 3.8) is 0 Å². The third-order valence-electron chi connectivity index (χ3n) is 9.90. The van der Waals surface area contributed by atoms with Crippen LogP contribution >= 0.6 is 0 Å². The van der Waals surface area contributed by atoms with E-state index in [9.17, 15) is 25.9 Å². The maximum atomic E-state index is 12.9. The monoisotopic (exact) mass is 823 g/mol. The summed E-state index contributed by atoms with van der Waals surface area (Å²) in [5, 5.41) is 7.13. The van der Waals surface area contributed by atoms with Crippen molar-refractivity contribution in [2.24, 2.45) is 0 Å². The van der Waals surface area contributed by atoms with Crippen LogP contribution in [0.3, 0.4) is 0 Å². The molecule has 13 heteroatoms. The zero-order chi connectivity index (χ0) is 40.2. The maximum absolute atomic E-state index is 12.9. The van der Waals surface area contributed by atoms with Gasteiger partial charge < -0.3 is 29.2 Å². The third-order valence-corrected chi connectivity index (χ3v) is 11.6. The van der Waals surface area contributed by atoms with Gasteiger partial charge in [0.15, 0.2) is 0 Å². The van der Waals surface area contributed by atoms with Gasteiger partial charge in [0.1, 0.15) is 31.7 Å². The zero-order valence-corrected chi connectivity index (χ0v) is 38.2. The molecule has 2 N–H and O–H groups in total. The average molecular weight is 824 g/mol. The second-order valence-electron chi connectivity index (χ2n) is 13.5. The molecule has 0 amide bonds. The van der Waals surface area contributed by atoms with E-state index in [1.807, 2.05) is 12.1 Å². The van der Waals surface area contributed by atoms with Crippen LogP contribution in [-0.2, 0) is 45.9 Å². The molecule has 5 aromatic rings. The van der Waals surface area contributed by atoms with Crippen molar-refractivity contribution >= 4 is 43.0 Å². The standard InChI is InChI=1S/C43H50N2O8S2.K/c1-9-28-19-26(5)20-29(10-2)42(28)44-32-13-16-35(38(23-32)52-7)41(37-18-15-34(54(46,47)48)25-40(37)55(49,50)51)36-17-14-33(24-39(36)53-8)45-43-30(11-3)21-27(6)22-31(43)12-4;/h13-25,41,44-45H,9-12H2,1-8H3,(H,46,47,48)(H,49,50,51);/q;+1/p-2. The van der Waals surface area contributed by atoms with E-state index in [1.54, 1.807) is 24.3 Å². The van der Waals surface area contributed by atoms with Crippen molar-refractivity contribution in [1.29, 1.82) is 0 Å². The van der Waals surface area contributed by atoms with Crippen LogP contribution < -0.4 is 71.5 Å². The number of hydrogen-bond acceptors (Lipinski definition) is 10. The first kappa shape index (κ1) is 45.5. The number of ether oxygens (including phenoxy) is 2. The minimum Gasteiger partial charge on any atom is -0.744 e. The summed E-state index contributed by atoms with van der Waals surface area (Å²) in [6.07, 6.45) is 3.24. The minimum atomic E-state index is -5.31. The van der Waals surface area contributed by atoms with Gasteiger partial charge in [0.25, 0.3) is 0 Å². The maximum Gasteiger partial charge on any atom is 1.00 e. The summed E-state index contributed by atoms with van der Waals surface area (Å²) < 4.78 is 86.6. The Bertz CT molecular complexity index is 2290. The van der Waals surface area contributed by atoms with Crippen LogP contribution in [0.4, 0.5) is 22.7 Å². The van der Waals surface area contributed by atoms with Gasteiger partial charge in [0, 0.05) is 51.9 Å². The van der Waals surface area contributed by atoms with Gasteiger partial charge in [-0.15, -0.1) is 0 Å². The van der Waals surface area contributed by atoms with Crippen molar-refractivity contribution < 1.29 is 86.8 Å². The first-order chi connectivity index (χ1) is 26.1. The summed E-state index contributed by atoms with van der Waals surface area (Å²) in [5.74, 6) is -0.321. The van der Waals surface area contributed by atoms with Gasteiger partial charge in [0.05, 0.1) is 24.0 Å². The van der Waals surface area contributed by atoms with Gasteiger partial charge in [-0.1, -0.05) is 81.3 Å². The largest absolute Gasteiger partial charge is 1.00 e. The molecule has 0 atom stereocenters. The van der Waals surface area contributed by atoms with Gasteiger partial charge >= 0.3 is 51.4 Å². The molecule has 56 heavy (non-hydrogen) atoms. The molecule has 0 aliphatic heterocycles. The van der Waals surface area contributed by atoms with E-state index >= 15 is 0 Å². The molecule has 0 heterocycles. The quantitative estimate of drug-likeness (QED) is 0.0724. The summed E-state index contributed by atoms with van der Waals surface area (Å²) in [6.45, 7) is 12.5. The fourth-order valence-electron chi connectivity index (χ4n) is 7.29. The SMILES string of the molecule is CCc1cc(C)cc(CC)c1Nc1ccc(C(c2ccc(Nc3c(CC)cc(C)cc3CC)cc2OC)c2ccc(S(=O)(=O)[O-])cc2S(=O)(=O)[O-])c(OC)c1.[K+]. The predicted octanol–water partition coefficient (Wildman–Crippen LogP) is 6.05. The summed E-state index contributed by atoms with van der Waals surface area (Å²) in [6, 6.07) is 22.2. The number of benzene rings is 5. The Morgan fingerprint density at radius 3 is 1.25 bits per heavy atom. The molecule has 0 aliphatic carbocycles. The molecule has 10 nitrogen and oxygen atoms in total. The Hall–Kier alpha value is -3.24. The van der Waals surface area contributed by atoms with E-state index in [4.69, 9.17) is 9.47 Å². The Morgan fingerprint density at radius 2 is 0.929 bits per heavy atom. The summed E-state index contributed by atoms with van der Waals surface area (Å²) in [4.78, 5) is -1.68. The Kier molecular flexibility index (Phi) is 15.4. The molecule has 0 aromatic heterocycles. The second-order valence-corrected chi connectivity index (χ2v) is 16.3. The van der Waals surface area contributed by atoms with Crippen LogP contribution in [0.15, 0.2) is 88.7 Å². The molecule has 0 bridgehead atoms. The van der Waals surface area contributed by atoms with Crippen molar-refractivity contribution in [2.45, 2.75) is 82.9 Å². The fraction of sp³-hybridized carbons (Fsp3) is 0.302. The van der Waals surface area contributed by atoms with Gasteiger partial charge in [-0.3, -0.25) is 0 Å². The van der Waals surface area contributed by atoms with E-state index < -0.39 is 35.9 Å². The van der Waals surface area contributed by atoms with Crippen molar-refractivity contribution in [3.05, 3.63) is 129 Å². The molecule has 292 valence electrons. The molecule has 5 rings (SSSR count). The zero-order valence-electron chi connectivity index (χ0n) is 33.5. The molecule has 5 aromatic carbocycles. The Labute approximate surface area is 374 Å². The molecule has 0 fully saturated rings. The number of rotatable bonds is 15. The number of hydrogen-bond donors (Lipinski definition) is 2. The average Bonchev–Trinajstić information content (AvgIpc) is 3.15. The van der Waals surface area contributed by atoms with Crippen LogP contribution in [-0.4, -0.2) is 40.2 Å². The number of aryl methyl sites for hydroxylation is 6. The number of anilines is 4. The summed E-state index contributed by atoms with van der Waals surface area (Å²) in [7, 11) is -7.44. The van der Waals surface area contributed by atoms with Crippen molar-refractivity contribution in [1.82, 2.24) is 0 Å². The van der Waals surface area contributed by atoms with Crippen molar-refractivity contribution in [2.75, 3.05) is 24.9 Å². The molecule has 0 aliphatic rings. The van der Waals surface area contributed by atoms with Gasteiger partial charge in [-0.05, 0) is 91.6 Å². The molecular formula is C43H48KN2O8S2-. The van der Waals surface area contributed by atoms with E-state index in [2.05, 4.69) is 76.4 Å². The summed E-state index contributed by atoms with van der Waals surface area (Å²) in [5.41, 5.74) is 11.2. The van der Waals surface area contributed by atoms with Crippen LogP contribution in [0.5, 0.6) is 11.5 Å². The molecule has 0 spiro atoms. The van der Waals surface area contributed by atoms with E-state index in [1.165, 1.54) is 31.4 Å². The van der Waals surface area contributed by atoms with Crippen LogP contribution in [0.2, 0.25) is 0 Å². The van der Waals surface area contributed by atoms with Gasteiger partial charge in [-0.25, -0.2) is 16.8 Å². The molecule has 0 radical (unpaired) electrons. The molecule has 0 saturated heterocycles. The molecule has 0 unspecified atom stereocenters. The van der Waals surface area contributed by atoms with E-state index in [0.29, 0.717) is 40.1 Å². The number of nitrogens with one attached hydrogen (secondary N) is 2. The Morgan fingerprint density at radius 1 is 0.554 bits per heavy atom. The first-order valence-corrected chi connectivity index (χ1v) is 21.1. The third kappa shape index (κ3) is 10.1. The fourth-order valence-corrected chi connectivity index (χ4v) is 8.61. The van der Waals surface area contributed by atoms with Crippen LogP contribution in [0.25, 0.3) is 0 Å². The predicted molar refractivity (Wildman–Crippen MR) is 216 cm³/mol. The van der Waals surface area contributed by atoms with E-state index in [0.717, 1.165) is 65.4 Å². The van der Waals surface area contributed by atoms with Gasteiger partial charge in [0.2, 0.25) is 0 Å². The van der Waals surface area contributed by atoms with E-state index in [-0.39, 0.29) is 56.9 Å². The van der Waals surface area contributed by atoms with Crippen LogP contribution in [0, 0.1) is 13.8 Å². The normalized spacial score (nSPS) is 11.6. The minimum absolute atomic E-state index is 0. The van der Waals surface area contributed by atoms with Gasteiger partial charge in [-0.2, -0.15) is 0 Å². The van der Waals surface area contributed by atoms with Crippen LogP contribution in [0.1, 0.15) is 83.7 Å². The molecular weight excluding hydrogens is 776 g/mol. The summed E-state index contributed by atoms with van der Waals surface area (Å²) >= 11 is 0. The first-order valence-electron chi connectivity index (χ1n) is 18.3. The molecule has 0 saturated carbocycles. The van der Waals surface area contributed by atoms with Crippen molar-refractivity contribution in [3.8, 4) is 11.5 Å². The Balaban J connectivity index is 0.00000696. The second kappa shape index (κ2) is 19.0. The number of methoxy groups -OCH3 is 2. The topological polar surface area (TPSA) is 157 Å².